The summed E-state index contributed by atoms with van der Waals surface area (Å²) in [5.41, 5.74) is 5.02. The van der Waals surface area contributed by atoms with Crippen LogP contribution in [0.1, 0.15) is 46.7 Å². The number of hydrogen-bond donors (Lipinski definition) is 0. The fraction of sp³-hybridized carbons (Fsp3) is 0.261. The zero-order chi connectivity index (χ0) is 18.5. The van der Waals surface area contributed by atoms with Crippen molar-refractivity contribution >= 4 is 17.3 Å². The lowest BCUT2D eigenvalue weighted by molar-refractivity contribution is -0.116. The summed E-state index contributed by atoms with van der Waals surface area (Å²) in [5, 5.41) is 0. The molecule has 2 aromatic rings. The van der Waals surface area contributed by atoms with Gasteiger partial charge in [-0.2, -0.15) is 0 Å². The van der Waals surface area contributed by atoms with Crippen molar-refractivity contribution in [3.63, 3.8) is 0 Å². The highest BCUT2D eigenvalue weighted by Crippen LogP contribution is 2.48. The second-order valence-corrected chi connectivity index (χ2v) is 7.27. The molecule has 4 nitrogen and oxygen atoms in total. The summed E-state index contributed by atoms with van der Waals surface area (Å²) in [6, 6.07) is 15.4. The average Bonchev–Trinajstić information content (AvgIpc) is 2.99. The normalized spacial score (nSPS) is 23.5. The minimum atomic E-state index is -0.420. The largest absolute Gasteiger partial charge is 0.497 e. The maximum absolute atomic E-state index is 13.3. The Balaban J connectivity index is 1.73. The molecule has 0 unspecified atom stereocenters. The summed E-state index contributed by atoms with van der Waals surface area (Å²) in [4.78, 5) is 31.0. The van der Waals surface area contributed by atoms with Crippen molar-refractivity contribution in [2.75, 3.05) is 7.11 Å². The van der Waals surface area contributed by atoms with Crippen LogP contribution in [0.2, 0.25) is 0 Å². The highest BCUT2D eigenvalue weighted by Gasteiger charge is 2.48. The zero-order valence-electron chi connectivity index (χ0n) is 15.1. The first-order valence-corrected chi connectivity index (χ1v) is 9.31. The van der Waals surface area contributed by atoms with Crippen LogP contribution in [0.15, 0.2) is 64.8 Å². The Labute approximate surface area is 157 Å². The van der Waals surface area contributed by atoms with E-state index in [1.54, 1.807) is 7.11 Å². The summed E-state index contributed by atoms with van der Waals surface area (Å²) >= 11 is 0. The summed E-state index contributed by atoms with van der Waals surface area (Å²) in [6.45, 7) is 0. The molecule has 5 rings (SSSR count). The van der Waals surface area contributed by atoms with Gasteiger partial charge in [0.15, 0.2) is 11.6 Å². The molecule has 2 atom stereocenters. The van der Waals surface area contributed by atoms with Crippen LogP contribution < -0.4 is 4.74 Å². The number of ketones is 2. The number of carbonyl (C=O) groups excluding carboxylic acids is 2. The standard InChI is InChI=1S/C23H19NO3/c1-27-14-11-9-13(10-12-14)19-20-17(7-4-8-18(20)25)24-22-15-5-2-3-6-16(15)23(26)21(19)22/h2-3,5-6,9-12,19,21H,4,7-8H2,1H3/t19-,21-/m1/s1. The molecule has 0 saturated heterocycles. The molecule has 1 aliphatic heterocycles. The number of carbonyl (C=O) groups is 2. The molecule has 0 bridgehead atoms. The van der Waals surface area contributed by atoms with Crippen molar-refractivity contribution in [3.8, 4) is 5.75 Å². The number of benzene rings is 2. The van der Waals surface area contributed by atoms with Crippen molar-refractivity contribution < 1.29 is 14.3 Å². The molecule has 0 radical (unpaired) electrons. The van der Waals surface area contributed by atoms with Crippen molar-refractivity contribution in [1.29, 1.82) is 0 Å². The van der Waals surface area contributed by atoms with Crippen LogP contribution in [0.4, 0.5) is 0 Å². The monoisotopic (exact) mass is 357 g/mol. The van der Waals surface area contributed by atoms with E-state index >= 15 is 0 Å². The predicted molar refractivity (Wildman–Crippen MR) is 102 cm³/mol. The molecule has 3 aliphatic rings. The quantitative estimate of drug-likeness (QED) is 0.813. The van der Waals surface area contributed by atoms with Crippen LogP contribution in [0.5, 0.6) is 5.75 Å². The first kappa shape index (κ1) is 16.2. The molecule has 2 aliphatic carbocycles. The van der Waals surface area contributed by atoms with Gasteiger partial charge in [-0.25, -0.2) is 0 Å². The molecule has 27 heavy (non-hydrogen) atoms. The SMILES string of the molecule is COc1ccc([C@@H]2C3=C(CCCC3=O)N=C3c4ccccc4C(=O)[C@@H]32)cc1. The smallest absolute Gasteiger partial charge is 0.173 e. The van der Waals surface area contributed by atoms with Crippen molar-refractivity contribution in [2.45, 2.75) is 25.2 Å². The van der Waals surface area contributed by atoms with E-state index in [0.29, 0.717) is 12.0 Å². The van der Waals surface area contributed by atoms with Gasteiger partial charge in [-0.05, 0) is 30.5 Å². The highest BCUT2D eigenvalue weighted by atomic mass is 16.5. The van der Waals surface area contributed by atoms with Gasteiger partial charge in [0.25, 0.3) is 0 Å². The lowest BCUT2D eigenvalue weighted by Crippen LogP contribution is -2.33. The molecule has 0 amide bonds. The van der Waals surface area contributed by atoms with E-state index in [0.717, 1.165) is 46.7 Å². The van der Waals surface area contributed by atoms with Gasteiger partial charge < -0.3 is 4.74 Å². The molecule has 4 heteroatoms. The number of ether oxygens (including phenoxy) is 1. The number of nitrogens with zero attached hydrogens (tertiary/aromatic N) is 1. The van der Waals surface area contributed by atoms with Gasteiger partial charge in [-0.15, -0.1) is 0 Å². The van der Waals surface area contributed by atoms with Gasteiger partial charge in [0.05, 0.1) is 18.7 Å². The van der Waals surface area contributed by atoms with Gasteiger partial charge in [-0.3, -0.25) is 14.6 Å². The Hall–Kier alpha value is -3.01. The molecule has 0 N–H and O–H groups in total. The Morgan fingerprint density at radius 2 is 1.67 bits per heavy atom. The predicted octanol–water partition coefficient (Wildman–Crippen LogP) is 4.10. The van der Waals surface area contributed by atoms with Crippen molar-refractivity contribution in [1.82, 2.24) is 0 Å². The Bertz CT molecular complexity index is 1030. The number of fused-ring (bicyclic) bond motifs is 3. The van der Waals surface area contributed by atoms with E-state index < -0.39 is 5.92 Å². The summed E-state index contributed by atoms with van der Waals surface area (Å²) < 4.78 is 5.27. The van der Waals surface area contributed by atoms with E-state index in [1.807, 2.05) is 48.5 Å². The fourth-order valence-electron chi connectivity index (χ4n) is 4.62. The van der Waals surface area contributed by atoms with E-state index in [4.69, 9.17) is 9.73 Å². The highest BCUT2D eigenvalue weighted by molar-refractivity contribution is 6.30. The zero-order valence-corrected chi connectivity index (χ0v) is 15.1. The first-order valence-electron chi connectivity index (χ1n) is 9.31. The number of Topliss-reactive ketones (excluding diaryl/α,β-unsaturated/α-hetero) is 2. The van der Waals surface area contributed by atoms with Gasteiger partial charge in [0.1, 0.15) is 5.75 Å². The first-order chi connectivity index (χ1) is 13.2. The Morgan fingerprint density at radius 3 is 2.41 bits per heavy atom. The third kappa shape index (κ3) is 2.33. The molecular formula is C23H19NO3. The van der Waals surface area contributed by atoms with Gasteiger partial charge >= 0.3 is 0 Å². The van der Waals surface area contributed by atoms with Crippen LogP contribution in [0.25, 0.3) is 0 Å². The number of hydrogen-bond acceptors (Lipinski definition) is 4. The molecule has 0 fully saturated rings. The summed E-state index contributed by atoms with van der Waals surface area (Å²) in [5.74, 6) is 0.259. The third-order valence-electron chi connectivity index (χ3n) is 5.85. The van der Waals surface area contributed by atoms with Gasteiger partial charge in [0.2, 0.25) is 0 Å². The summed E-state index contributed by atoms with van der Waals surface area (Å²) in [6.07, 6.45) is 2.15. The third-order valence-corrected chi connectivity index (χ3v) is 5.85. The topological polar surface area (TPSA) is 55.7 Å². The van der Waals surface area contributed by atoms with E-state index in [2.05, 4.69) is 0 Å². The number of aliphatic imine (C=N–C) groups is 1. The van der Waals surface area contributed by atoms with Crippen LogP contribution in [0.3, 0.4) is 0 Å². The minimum absolute atomic E-state index is 0.0649. The maximum Gasteiger partial charge on any atom is 0.173 e. The molecule has 0 saturated carbocycles. The Kier molecular flexibility index (Phi) is 3.61. The number of rotatable bonds is 2. The summed E-state index contributed by atoms with van der Waals surface area (Å²) in [7, 11) is 1.63. The van der Waals surface area contributed by atoms with Gasteiger partial charge in [-0.1, -0.05) is 36.4 Å². The lowest BCUT2D eigenvalue weighted by atomic mass is 9.71. The maximum atomic E-state index is 13.3. The average molecular weight is 357 g/mol. The molecule has 0 spiro atoms. The van der Waals surface area contributed by atoms with E-state index in [-0.39, 0.29) is 17.5 Å². The van der Waals surface area contributed by atoms with Crippen molar-refractivity contribution in [2.24, 2.45) is 10.9 Å². The van der Waals surface area contributed by atoms with Crippen molar-refractivity contribution in [3.05, 3.63) is 76.5 Å². The Morgan fingerprint density at radius 1 is 0.926 bits per heavy atom. The van der Waals surface area contributed by atoms with E-state index in [9.17, 15) is 9.59 Å². The molecular weight excluding hydrogens is 338 g/mol. The van der Waals surface area contributed by atoms with Crippen LogP contribution in [-0.2, 0) is 4.79 Å². The minimum Gasteiger partial charge on any atom is -0.497 e. The van der Waals surface area contributed by atoms with E-state index in [1.165, 1.54) is 0 Å². The molecule has 1 heterocycles. The lowest BCUT2D eigenvalue weighted by Gasteiger charge is -2.33. The number of methoxy groups -OCH3 is 1. The molecule has 2 aromatic carbocycles. The molecule has 0 aromatic heterocycles. The molecule has 134 valence electrons. The second-order valence-electron chi connectivity index (χ2n) is 7.27. The van der Waals surface area contributed by atoms with Crippen LogP contribution >= 0.6 is 0 Å². The van der Waals surface area contributed by atoms with Gasteiger partial charge in [0, 0.05) is 34.7 Å². The van der Waals surface area contributed by atoms with Crippen LogP contribution in [-0.4, -0.2) is 24.4 Å². The second kappa shape index (κ2) is 6.02. The number of allylic oxidation sites excluding steroid dienone is 2. The fourth-order valence-corrected chi connectivity index (χ4v) is 4.62. The van der Waals surface area contributed by atoms with Crippen LogP contribution in [0, 0.1) is 5.92 Å².